The Morgan fingerprint density at radius 1 is 1.30 bits per heavy atom. The highest BCUT2D eigenvalue weighted by Gasteiger charge is 2.30. The first kappa shape index (κ1) is 16.0. The zero-order valence-corrected chi connectivity index (χ0v) is 12.3. The molecule has 1 atom stereocenters. The summed E-state index contributed by atoms with van der Waals surface area (Å²) < 4.78 is 5.08. The molecule has 0 aliphatic rings. The van der Waals surface area contributed by atoms with E-state index in [0.29, 0.717) is 0 Å². The molecule has 1 unspecified atom stereocenters. The van der Waals surface area contributed by atoms with Crippen molar-refractivity contribution in [3.05, 3.63) is 29.8 Å². The van der Waals surface area contributed by atoms with Crippen molar-refractivity contribution in [1.29, 1.82) is 0 Å². The number of carbonyl (C=O) groups is 2. The summed E-state index contributed by atoms with van der Waals surface area (Å²) in [6.45, 7) is 5.28. The van der Waals surface area contributed by atoms with Crippen LogP contribution >= 0.6 is 0 Å². The summed E-state index contributed by atoms with van der Waals surface area (Å²) in [5.41, 5.74) is 0.114. The number of ether oxygens (including phenoxy) is 1. The Bertz CT molecular complexity index is 479. The average Bonchev–Trinajstić information content (AvgIpc) is 2.44. The van der Waals surface area contributed by atoms with Crippen molar-refractivity contribution in [3.8, 4) is 5.75 Å². The molecule has 0 spiro atoms. The van der Waals surface area contributed by atoms with Crippen LogP contribution in [-0.2, 0) is 15.0 Å². The van der Waals surface area contributed by atoms with Gasteiger partial charge in [0.1, 0.15) is 5.75 Å². The predicted molar refractivity (Wildman–Crippen MR) is 75.8 cm³/mol. The summed E-state index contributed by atoms with van der Waals surface area (Å²) in [6.07, 6.45) is 0. The number of rotatable bonds is 6. The lowest BCUT2D eigenvalue weighted by atomic mass is 9.83. The first-order valence-electron chi connectivity index (χ1n) is 6.44. The van der Waals surface area contributed by atoms with Gasteiger partial charge < -0.3 is 15.2 Å². The van der Waals surface area contributed by atoms with Crippen LogP contribution in [-0.4, -0.2) is 30.6 Å². The summed E-state index contributed by atoms with van der Waals surface area (Å²) in [4.78, 5) is 22.9. The summed E-state index contributed by atoms with van der Waals surface area (Å²) in [5, 5.41) is 11.5. The van der Waals surface area contributed by atoms with Gasteiger partial charge in [0, 0.05) is 6.54 Å². The molecule has 1 amide bonds. The smallest absolute Gasteiger partial charge is 0.308 e. The second-order valence-electron chi connectivity index (χ2n) is 5.30. The highest BCUT2D eigenvalue weighted by molar-refractivity contribution is 5.87. The Morgan fingerprint density at radius 2 is 1.85 bits per heavy atom. The summed E-state index contributed by atoms with van der Waals surface area (Å²) >= 11 is 0. The van der Waals surface area contributed by atoms with Gasteiger partial charge in [0.25, 0.3) is 0 Å². The fourth-order valence-corrected chi connectivity index (χ4v) is 1.69. The van der Waals surface area contributed by atoms with E-state index in [0.717, 1.165) is 11.3 Å². The van der Waals surface area contributed by atoms with E-state index in [2.05, 4.69) is 5.32 Å². The van der Waals surface area contributed by atoms with Crippen molar-refractivity contribution in [2.24, 2.45) is 5.92 Å². The molecule has 0 aliphatic carbocycles. The molecule has 1 rings (SSSR count). The van der Waals surface area contributed by atoms with Crippen LogP contribution in [0.25, 0.3) is 0 Å². The van der Waals surface area contributed by atoms with Crippen LogP contribution < -0.4 is 10.1 Å². The van der Waals surface area contributed by atoms with Gasteiger partial charge in [-0.05, 0) is 31.5 Å². The molecule has 1 aromatic carbocycles. The largest absolute Gasteiger partial charge is 0.497 e. The second-order valence-corrected chi connectivity index (χ2v) is 5.30. The minimum absolute atomic E-state index is 0.119. The number of methoxy groups -OCH3 is 1. The van der Waals surface area contributed by atoms with E-state index in [9.17, 15) is 9.59 Å². The van der Waals surface area contributed by atoms with Crippen molar-refractivity contribution < 1.29 is 19.4 Å². The van der Waals surface area contributed by atoms with Crippen molar-refractivity contribution in [3.63, 3.8) is 0 Å². The number of nitrogens with one attached hydrogen (secondary N) is 1. The number of aliphatic carboxylic acids is 1. The van der Waals surface area contributed by atoms with Gasteiger partial charge in [-0.25, -0.2) is 0 Å². The first-order chi connectivity index (χ1) is 9.28. The molecule has 5 nitrogen and oxygen atoms in total. The summed E-state index contributed by atoms with van der Waals surface area (Å²) in [7, 11) is 1.58. The molecule has 0 aromatic heterocycles. The lowest BCUT2D eigenvalue weighted by molar-refractivity contribution is -0.141. The third-order valence-corrected chi connectivity index (χ3v) is 3.37. The maximum Gasteiger partial charge on any atom is 0.308 e. The van der Waals surface area contributed by atoms with Gasteiger partial charge >= 0.3 is 5.97 Å². The topological polar surface area (TPSA) is 75.6 Å². The molecule has 0 heterocycles. The molecule has 0 bridgehead atoms. The molecule has 0 radical (unpaired) electrons. The fourth-order valence-electron chi connectivity index (χ4n) is 1.69. The van der Waals surface area contributed by atoms with E-state index >= 15 is 0 Å². The number of amides is 1. The monoisotopic (exact) mass is 279 g/mol. The van der Waals surface area contributed by atoms with E-state index in [1.165, 1.54) is 0 Å². The number of hydrogen-bond acceptors (Lipinski definition) is 3. The Hall–Kier alpha value is -2.04. The third-order valence-electron chi connectivity index (χ3n) is 3.37. The van der Waals surface area contributed by atoms with E-state index in [1.54, 1.807) is 40.0 Å². The van der Waals surface area contributed by atoms with Crippen molar-refractivity contribution in [2.45, 2.75) is 26.2 Å². The normalized spacial score (nSPS) is 12.6. The summed E-state index contributed by atoms with van der Waals surface area (Å²) in [5.74, 6) is -1.00. The standard InChI is InChI=1S/C15H21NO4/c1-10(13(17)18)9-16-14(19)15(2,3)11-5-7-12(20-4)8-6-11/h5-8,10H,9H2,1-4H3,(H,16,19)(H,17,18). The molecular weight excluding hydrogens is 258 g/mol. The molecule has 0 saturated carbocycles. The zero-order valence-electron chi connectivity index (χ0n) is 12.3. The zero-order chi connectivity index (χ0) is 15.3. The van der Waals surface area contributed by atoms with Gasteiger partial charge in [-0.3, -0.25) is 9.59 Å². The van der Waals surface area contributed by atoms with Crippen LogP contribution in [0.3, 0.4) is 0 Å². The summed E-state index contributed by atoms with van der Waals surface area (Å²) in [6, 6.07) is 7.26. The van der Waals surface area contributed by atoms with Crippen LogP contribution in [0.4, 0.5) is 0 Å². The van der Waals surface area contributed by atoms with Crippen molar-refractivity contribution >= 4 is 11.9 Å². The van der Waals surface area contributed by atoms with Crippen LogP contribution in [0, 0.1) is 5.92 Å². The quantitative estimate of drug-likeness (QED) is 0.832. The fraction of sp³-hybridized carbons (Fsp3) is 0.467. The number of carboxylic acids is 1. The molecule has 1 aromatic rings. The van der Waals surface area contributed by atoms with Crippen LogP contribution in [0.5, 0.6) is 5.75 Å². The van der Waals surface area contributed by atoms with Crippen LogP contribution in [0.2, 0.25) is 0 Å². The number of carbonyl (C=O) groups excluding carboxylic acids is 1. The van der Waals surface area contributed by atoms with Gasteiger partial charge in [0.2, 0.25) is 5.91 Å². The lowest BCUT2D eigenvalue weighted by Gasteiger charge is -2.25. The minimum Gasteiger partial charge on any atom is -0.497 e. The van der Waals surface area contributed by atoms with Gasteiger partial charge in [-0.1, -0.05) is 19.1 Å². The van der Waals surface area contributed by atoms with E-state index in [-0.39, 0.29) is 12.5 Å². The third kappa shape index (κ3) is 3.73. The molecule has 0 fully saturated rings. The van der Waals surface area contributed by atoms with E-state index < -0.39 is 17.3 Å². The number of hydrogen-bond donors (Lipinski definition) is 2. The van der Waals surface area contributed by atoms with Crippen molar-refractivity contribution in [1.82, 2.24) is 5.32 Å². The highest BCUT2D eigenvalue weighted by Crippen LogP contribution is 2.25. The molecule has 2 N–H and O–H groups in total. The molecule has 0 saturated heterocycles. The average molecular weight is 279 g/mol. The Morgan fingerprint density at radius 3 is 2.30 bits per heavy atom. The molecular formula is C15H21NO4. The maximum absolute atomic E-state index is 12.2. The predicted octanol–water partition coefficient (Wildman–Crippen LogP) is 1.81. The van der Waals surface area contributed by atoms with E-state index in [1.807, 2.05) is 12.1 Å². The molecule has 20 heavy (non-hydrogen) atoms. The van der Waals surface area contributed by atoms with Gasteiger partial charge in [0.05, 0.1) is 18.4 Å². The second kappa shape index (κ2) is 6.41. The number of benzene rings is 1. The van der Waals surface area contributed by atoms with Crippen molar-refractivity contribution in [2.75, 3.05) is 13.7 Å². The van der Waals surface area contributed by atoms with Crippen LogP contribution in [0.15, 0.2) is 24.3 Å². The number of carboxylic acid groups (broad SMARTS) is 1. The molecule has 110 valence electrons. The first-order valence-corrected chi connectivity index (χ1v) is 6.44. The van der Waals surface area contributed by atoms with Crippen LogP contribution in [0.1, 0.15) is 26.3 Å². The Labute approximate surface area is 118 Å². The SMILES string of the molecule is COc1ccc(C(C)(C)C(=O)NCC(C)C(=O)O)cc1. The van der Waals surface area contributed by atoms with E-state index in [4.69, 9.17) is 9.84 Å². The maximum atomic E-state index is 12.2. The lowest BCUT2D eigenvalue weighted by Crippen LogP contribution is -2.42. The molecule has 5 heteroatoms. The Kier molecular flexibility index (Phi) is 5.13. The molecule has 0 aliphatic heterocycles. The van der Waals surface area contributed by atoms with Gasteiger partial charge in [-0.2, -0.15) is 0 Å². The minimum atomic E-state index is -0.924. The van der Waals surface area contributed by atoms with Gasteiger partial charge in [-0.15, -0.1) is 0 Å². The van der Waals surface area contributed by atoms with Gasteiger partial charge in [0.15, 0.2) is 0 Å². The highest BCUT2D eigenvalue weighted by atomic mass is 16.5. The Balaban J connectivity index is 2.75.